The van der Waals surface area contributed by atoms with E-state index in [9.17, 15) is 9.18 Å². The molecular formula is C24H28F3N5O. The number of aromatic amines is 1. The van der Waals surface area contributed by atoms with Crippen molar-refractivity contribution < 1.29 is 13.2 Å². The van der Waals surface area contributed by atoms with E-state index in [1.54, 1.807) is 11.1 Å². The molecule has 1 aromatic heterocycles. The van der Waals surface area contributed by atoms with Gasteiger partial charge in [0.25, 0.3) is 5.56 Å². The summed E-state index contributed by atoms with van der Waals surface area (Å²) in [6.45, 7) is 7.26. The third-order valence-corrected chi connectivity index (χ3v) is 5.98. The minimum atomic E-state index is -1.88. The van der Waals surface area contributed by atoms with Crippen LogP contribution in [0.25, 0.3) is 16.5 Å². The van der Waals surface area contributed by atoms with Gasteiger partial charge in [-0.25, -0.2) is 18.2 Å². The third kappa shape index (κ3) is 4.46. The summed E-state index contributed by atoms with van der Waals surface area (Å²) in [6.07, 6.45) is 3.77. The molecule has 0 amide bonds. The zero-order valence-corrected chi connectivity index (χ0v) is 19.0. The molecule has 2 aliphatic rings. The van der Waals surface area contributed by atoms with E-state index in [1.807, 2.05) is 20.8 Å². The number of halogens is 3. The Morgan fingerprint density at radius 1 is 1.27 bits per heavy atom. The second-order valence-corrected chi connectivity index (χ2v) is 8.62. The van der Waals surface area contributed by atoms with E-state index < -0.39 is 22.9 Å². The first kappa shape index (κ1) is 23.2. The van der Waals surface area contributed by atoms with Gasteiger partial charge < -0.3 is 15.2 Å². The summed E-state index contributed by atoms with van der Waals surface area (Å²) in [5.74, 6) is -1.18. The summed E-state index contributed by atoms with van der Waals surface area (Å²) in [4.78, 5) is 25.5. The quantitative estimate of drug-likeness (QED) is 0.576. The van der Waals surface area contributed by atoms with Crippen molar-refractivity contribution in [3.63, 3.8) is 0 Å². The Morgan fingerprint density at radius 3 is 2.79 bits per heavy atom. The Hall–Kier alpha value is -2.94. The fourth-order valence-electron chi connectivity index (χ4n) is 4.37. The van der Waals surface area contributed by atoms with Crippen LogP contribution in [0.15, 0.2) is 40.0 Å². The molecule has 0 saturated heterocycles. The van der Waals surface area contributed by atoms with Crippen LogP contribution in [0.2, 0.25) is 0 Å². The van der Waals surface area contributed by atoms with Crippen LogP contribution >= 0.6 is 0 Å². The standard InChI is InChI=1S/C24H28F3N5O/c1-4-6-24(27,7-8-28-5-2)23-30-20-17(22(33)31-23)9-15(10-18(20)25)16-11-19(26)21-29-14(3)12-32(21)13-16/h9-11,13-14,28H,4-8,12H2,1-3H3,(H,30,31,33). The van der Waals surface area contributed by atoms with E-state index in [0.29, 0.717) is 37.2 Å². The molecule has 2 N–H and O–H groups in total. The molecule has 0 spiro atoms. The zero-order chi connectivity index (χ0) is 23.8. The molecule has 2 aliphatic heterocycles. The van der Waals surface area contributed by atoms with Crippen LogP contribution in [0.1, 0.15) is 51.4 Å². The molecule has 0 bridgehead atoms. The fraction of sp³-hybridized carbons (Fsp3) is 0.458. The maximum atomic E-state index is 15.8. The molecule has 0 fully saturated rings. The molecule has 0 saturated carbocycles. The third-order valence-electron chi connectivity index (χ3n) is 5.98. The molecule has 9 heteroatoms. The minimum absolute atomic E-state index is 0.0109. The summed E-state index contributed by atoms with van der Waals surface area (Å²) in [6, 6.07) is 2.61. The van der Waals surface area contributed by atoms with Crippen LogP contribution in [0.5, 0.6) is 0 Å². The average Bonchev–Trinajstić information content (AvgIpc) is 3.15. The Labute approximate surface area is 190 Å². The van der Waals surface area contributed by atoms with Gasteiger partial charge in [-0.05, 0) is 50.2 Å². The van der Waals surface area contributed by atoms with Crippen LogP contribution in [-0.2, 0) is 5.67 Å². The Balaban J connectivity index is 1.75. The number of aliphatic imine (C=N–C) groups is 1. The van der Waals surface area contributed by atoms with Gasteiger partial charge in [0.05, 0.1) is 11.4 Å². The molecule has 176 valence electrons. The number of fused-ring (bicyclic) bond motifs is 2. The summed E-state index contributed by atoms with van der Waals surface area (Å²) >= 11 is 0. The van der Waals surface area contributed by atoms with Crippen LogP contribution in [-0.4, -0.2) is 46.4 Å². The number of nitrogens with one attached hydrogen (secondary N) is 2. The van der Waals surface area contributed by atoms with Gasteiger partial charge in [0, 0.05) is 24.7 Å². The van der Waals surface area contributed by atoms with E-state index in [1.165, 1.54) is 18.2 Å². The SMILES string of the molecule is CCCC(F)(CCNCC)c1nc2c(F)cc(C3=CN4CC(C)N=C4C(F)=C3)cc2c(=O)[nH]1. The van der Waals surface area contributed by atoms with Crippen molar-refractivity contribution in [2.24, 2.45) is 4.99 Å². The highest BCUT2D eigenvalue weighted by Crippen LogP contribution is 2.34. The number of hydrogen-bond donors (Lipinski definition) is 2. The first-order valence-corrected chi connectivity index (χ1v) is 11.3. The number of alkyl halides is 1. The lowest BCUT2D eigenvalue weighted by atomic mass is 9.94. The number of hydrogen-bond acceptors (Lipinski definition) is 5. The molecule has 6 nitrogen and oxygen atoms in total. The summed E-state index contributed by atoms with van der Waals surface area (Å²) in [5, 5.41) is 3.06. The minimum Gasteiger partial charge on any atom is -0.328 e. The van der Waals surface area contributed by atoms with Gasteiger partial charge in [0.2, 0.25) is 0 Å². The molecule has 0 radical (unpaired) electrons. The fourth-order valence-corrected chi connectivity index (χ4v) is 4.37. The molecule has 33 heavy (non-hydrogen) atoms. The second kappa shape index (κ2) is 9.13. The largest absolute Gasteiger partial charge is 0.328 e. The maximum Gasteiger partial charge on any atom is 0.258 e. The second-order valence-electron chi connectivity index (χ2n) is 8.62. The van der Waals surface area contributed by atoms with Gasteiger partial charge in [0.1, 0.15) is 17.2 Å². The van der Waals surface area contributed by atoms with Gasteiger partial charge >= 0.3 is 0 Å². The van der Waals surface area contributed by atoms with Crippen molar-refractivity contribution in [2.45, 2.75) is 51.7 Å². The highest BCUT2D eigenvalue weighted by atomic mass is 19.1. The van der Waals surface area contributed by atoms with E-state index in [0.717, 1.165) is 0 Å². The number of benzene rings is 1. The Morgan fingerprint density at radius 2 is 2.06 bits per heavy atom. The normalized spacial score (nSPS) is 19.8. The van der Waals surface area contributed by atoms with Gasteiger partial charge in [-0.15, -0.1) is 0 Å². The smallest absolute Gasteiger partial charge is 0.258 e. The first-order valence-electron chi connectivity index (χ1n) is 11.3. The van der Waals surface area contributed by atoms with E-state index in [4.69, 9.17) is 0 Å². The molecule has 3 heterocycles. The number of nitrogens with zero attached hydrogens (tertiary/aromatic N) is 3. The van der Waals surface area contributed by atoms with Crippen molar-refractivity contribution in [1.82, 2.24) is 20.2 Å². The molecule has 2 atom stereocenters. The molecular weight excluding hydrogens is 431 g/mol. The number of aromatic nitrogens is 2. The predicted molar refractivity (Wildman–Crippen MR) is 124 cm³/mol. The summed E-state index contributed by atoms with van der Waals surface area (Å²) in [7, 11) is 0. The maximum absolute atomic E-state index is 15.8. The van der Waals surface area contributed by atoms with Gasteiger partial charge in [0.15, 0.2) is 17.3 Å². The van der Waals surface area contributed by atoms with Crippen molar-refractivity contribution >= 4 is 22.3 Å². The molecule has 4 rings (SSSR count). The number of H-pyrrole nitrogens is 1. The van der Waals surface area contributed by atoms with E-state index in [-0.39, 0.29) is 41.4 Å². The topological polar surface area (TPSA) is 73.4 Å². The van der Waals surface area contributed by atoms with Crippen LogP contribution in [0.3, 0.4) is 0 Å². The predicted octanol–water partition coefficient (Wildman–Crippen LogP) is 4.34. The molecule has 2 aromatic rings. The number of amidine groups is 1. The van der Waals surface area contributed by atoms with Crippen molar-refractivity contribution in [3.05, 3.63) is 57.8 Å². The van der Waals surface area contributed by atoms with Crippen molar-refractivity contribution in [3.8, 4) is 0 Å². The summed E-state index contributed by atoms with van der Waals surface area (Å²) in [5.41, 5.74) is -1.95. The molecule has 0 aliphatic carbocycles. The summed E-state index contributed by atoms with van der Waals surface area (Å²) < 4.78 is 45.5. The van der Waals surface area contributed by atoms with Crippen LogP contribution in [0, 0.1) is 5.82 Å². The number of allylic oxidation sites excluding steroid dienone is 2. The average molecular weight is 460 g/mol. The highest BCUT2D eigenvalue weighted by Gasteiger charge is 2.34. The lowest BCUT2D eigenvalue weighted by Crippen LogP contribution is -2.31. The lowest BCUT2D eigenvalue weighted by Gasteiger charge is -2.24. The number of rotatable bonds is 8. The Kier molecular flexibility index (Phi) is 6.43. The Bertz CT molecular complexity index is 1220. The molecule has 2 unspecified atom stereocenters. The van der Waals surface area contributed by atoms with Gasteiger partial charge in [-0.2, -0.15) is 0 Å². The van der Waals surface area contributed by atoms with Gasteiger partial charge in [-0.3, -0.25) is 9.79 Å². The highest BCUT2D eigenvalue weighted by molar-refractivity contribution is 6.04. The van der Waals surface area contributed by atoms with E-state index in [2.05, 4.69) is 20.3 Å². The zero-order valence-electron chi connectivity index (χ0n) is 19.0. The van der Waals surface area contributed by atoms with Crippen LogP contribution in [0.4, 0.5) is 13.2 Å². The monoisotopic (exact) mass is 459 g/mol. The van der Waals surface area contributed by atoms with Crippen molar-refractivity contribution in [1.29, 1.82) is 0 Å². The molecule has 1 aromatic carbocycles. The van der Waals surface area contributed by atoms with E-state index >= 15 is 8.78 Å². The first-order chi connectivity index (χ1) is 15.8. The van der Waals surface area contributed by atoms with Crippen LogP contribution < -0.4 is 10.9 Å². The van der Waals surface area contributed by atoms with Crippen molar-refractivity contribution in [2.75, 3.05) is 19.6 Å². The lowest BCUT2D eigenvalue weighted by molar-refractivity contribution is 0.123. The van der Waals surface area contributed by atoms with Gasteiger partial charge in [-0.1, -0.05) is 20.3 Å².